The highest BCUT2D eigenvalue weighted by Crippen LogP contribution is 2.43. The molecule has 0 radical (unpaired) electrons. The number of phenols is 4. The molecule has 2 aromatic rings. The summed E-state index contributed by atoms with van der Waals surface area (Å²) in [5.41, 5.74) is -1.59. The van der Waals surface area contributed by atoms with Gasteiger partial charge >= 0.3 is 0 Å². The molecule has 0 saturated heterocycles. The third-order valence-electron chi connectivity index (χ3n) is 2.52. The predicted octanol–water partition coefficient (Wildman–Crippen LogP) is 2.59. The number of benzene rings is 2. The maximum atomic E-state index is 13.7. The first-order chi connectivity index (χ1) is 8.84. The molecule has 0 unspecified atom stereocenters. The molecular weight excluding hydrogens is 265 g/mol. The number of rotatable bonds is 1. The van der Waals surface area contributed by atoms with Crippen LogP contribution in [0.4, 0.5) is 13.2 Å². The second-order valence-electron chi connectivity index (χ2n) is 3.72. The normalized spacial score (nSPS) is 10.7. The zero-order valence-corrected chi connectivity index (χ0v) is 9.15. The number of aromatic hydroxyl groups is 4. The average Bonchev–Trinajstić information content (AvgIpc) is 2.38. The van der Waals surface area contributed by atoms with E-state index in [1.165, 1.54) is 0 Å². The van der Waals surface area contributed by atoms with E-state index in [0.717, 1.165) is 18.2 Å². The van der Waals surface area contributed by atoms with Gasteiger partial charge in [-0.25, -0.2) is 8.78 Å². The van der Waals surface area contributed by atoms with Crippen molar-refractivity contribution in [2.75, 3.05) is 0 Å². The van der Waals surface area contributed by atoms with Gasteiger partial charge in [-0.1, -0.05) is 0 Å². The molecule has 0 saturated carbocycles. The second kappa shape index (κ2) is 4.27. The first-order valence-corrected chi connectivity index (χ1v) is 4.95. The molecule has 2 rings (SSSR count). The topological polar surface area (TPSA) is 80.9 Å². The molecule has 0 atom stereocenters. The molecule has 19 heavy (non-hydrogen) atoms. The molecule has 4 nitrogen and oxygen atoms in total. The van der Waals surface area contributed by atoms with Crippen LogP contribution in [0, 0.1) is 17.5 Å². The van der Waals surface area contributed by atoms with Crippen LogP contribution in [-0.2, 0) is 0 Å². The molecule has 0 aliphatic heterocycles. The summed E-state index contributed by atoms with van der Waals surface area (Å²) in [7, 11) is 0. The van der Waals surface area contributed by atoms with Crippen molar-refractivity contribution in [1.82, 2.24) is 0 Å². The highest BCUT2D eigenvalue weighted by atomic mass is 19.1. The van der Waals surface area contributed by atoms with E-state index < -0.39 is 51.6 Å². The van der Waals surface area contributed by atoms with Crippen LogP contribution >= 0.6 is 0 Å². The van der Waals surface area contributed by atoms with Crippen molar-refractivity contribution >= 4 is 0 Å². The Hall–Kier alpha value is -2.57. The van der Waals surface area contributed by atoms with E-state index in [0.29, 0.717) is 0 Å². The monoisotopic (exact) mass is 272 g/mol. The molecule has 0 aromatic heterocycles. The summed E-state index contributed by atoms with van der Waals surface area (Å²) < 4.78 is 40.4. The van der Waals surface area contributed by atoms with Crippen molar-refractivity contribution in [3.63, 3.8) is 0 Å². The minimum absolute atomic E-state index is 0.421. The Balaban J connectivity index is 2.87. The van der Waals surface area contributed by atoms with Crippen LogP contribution in [0.15, 0.2) is 18.2 Å². The number of hydrogen-bond acceptors (Lipinski definition) is 4. The maximum Gasteiger partial charge on any atom is 0.212 e. The molecule has 0 amide bonds. The number of hydrogen-bond donors (Lipinski definition) is 4. The first kappa shape index (κ1) is 12.9. The Kier molecular flexibility index (Phi) is 2.89. The fourth-order valence-electron chi connectivity index (χ4n) is 1.60. The maximum absolute atomic E-state index is 13.7. The average molecular weight is 272 g/mol. The van der Waals surface area contributed by atoms with Crippen LogP contribution in [0.5, 0.6) is 23.0 Å². The van der Waals surface area contributed by atoms with Crippen LogP contribution in [0.3, 0.4) is 0 Å². The van der Waals surface area contributed by atoms with Crippen molar-refractivity contribution < 1.29 is 33.6 Å². The smallest absolute Gasteiger partial charge is 0.212 e. The third-order valence-corrected chi connectivity index (χ3v) is 2.52. The van der Waals surface area contributed by atoms with Gasteiger partial charge in [0.15, 0.2) is 23.1 Å². The molecular formula is C12H7F3O4. The minimum Gasteiger partial charge on any atom is -0.508 e. The molecule has 4 N–H and O–H groups in total. The van der Waals surface area contributed by atoms with E-state index in [-0.39, 0.29) is 0 Å². The van der Waals surface area contributed by atoms with Crippen LogP contribution in [0.25, 0.3) is 11.1 Å². The van der Waals surface area contributed by atoms with Crippen LogP contribution in [0.1, 0.15) is 0 Å². The van der Waals surface area contributed by atoms with E-state index in [9.17, 15) is 23.4 Å². The second-order valence-corrected chi connectivity index (χ2v) is 3.72. The molecule has 0 heterocycles. The largest absolute Gasteiger partial charge is 0.508 e. The molecule has 100 valence electrons. The standard InChI is InChI=1S/C12H7F3O4/c13-8-7(5-3-4(16)1-2-6(5)17)9(14)12(19)10(15)11(8)18/h1-3,16-19H. The lowest BCUT2D eigenvalue weighted by molar-refractivity contribution is 0.348. The number of halogens is 3. The predicted molar refractivity (Wildman–Crippen MR) is 58.4 cm³/mol. The van der Waals surface area contributed by atoms with Gasteiger partial charge in [0.2, 0.25) is 5.82 Å². The Morgan fingerprint density at radius 2 is 1.26 bits per heavy atom. The van der Waals surface area contributed by atoms with Crippen molar-refractivity contribution in [2.45, 2.75) is 0 Å². The van der Waals surface area contributed by atoms with Crippen molar-refractivity contribution in [1.29, 1.82) is 0 Å². The molecule has 0 bridgehead atoms. The van der Waals surface area contributed by atoms with E-state index in [4.69, 9.17) is 10.2 Å². The highest BCUT2D eigenvalue weighted by molar-refractivity contribution is 5.75. The Labute approximate surface area is 104 Å². The van der Waals surface area contributed by atoms with E-state index in [2.05, 4.69) is 0 Å². The fourth-order valence-corrected chi connectivity index (χ4v) is 1.60. The van der Waals surface area contributed by atoms with Gasteiger partial charge in [-0.2, -0.15) is 4.39 Å². The lowest BCUT2D eigenvalue weighted by Gasteiger charge is -2.11. The summed E-state index contributed by atoms with van der Waals surface area (Å²) in [5, 5.41) is 36.9. The van der Waals surface area contributed by atoms with Crippen LogP contribution < -0.4 is 0 Å². The SMILES string of the molecule is Oc1ccc(O)c(-c2c(F)c(O)c(F)c(O)c2F)c1. The lowest BCUT2D eigenvalue weighted by Crippen LogP contribution is -1.96. The summed E-state index contributed by atoms with van der Waals surface area (Å²) in [6.45, 7) is 0. The molecule has 2 aromatic carbocycles. The molecule has 0 fully saturated rings. The molecule has 0 spiro atoms. The third kappa shape index (κ3) is 1.88. The minimum atomic E-state index is -1.85. The lowest BCUT2D eigenvalue weighted by atomic mass is 10.0. The summed E-state index contributed by atoms with van der Waals surface area (Å²) in [5.74, 6) is -9.47. The highest BCUT2D eigenvalue weighted by Gasteiger charge is 2.27. The molecule has 0 aliphatic rings. The molecule has 7 heteroatoms. The first-order valence-electron chi connectivity index (χ1n) is 4.95. The zero-order valence-electron chi connectivity index (χ0n) is 9.15. The summed E-state index contributed by atoms with van der Waals surface area (Å²) >= 11 is 0. The van der Waals surface area contributed by atoms with Gasteiger partial charge in [-0.3, -0.25) is 0 Å². The van der Waals surface area contributed by atoms with Gasteiger partial charge in [-0.15, -0.1) is 0 Å². The van der Waals surface area contributed by atoms with E-state index >= 15 is 0 Å². The summed E-state index contributed by atoms with van der Waals surface area (Å²) in [4.78, 5) is 0. The Morgan fingerprint density at radius 1 is 0.737 bits per heavy atom. The quantitative estimate of drug-likeness (QED) is 0.601. The Morgan fingerprint density at radius 3 is 1.79 bits per heavy atom. The van der Waals surface area contributed by atoms with E-state index in [1.54, 1.807) is 0 Å². The van der Waals surface area contributed by atoms with Gasteiger partial charge in [0.05, 0.1) is 5.56 Å². The van der Waals surface area contributed by atoms with Gasteiger partial charge in [-0.05, 0) is 18.2 Å². The Bertz CT molecular complexity index is 642. The molecule has 0 aliphatic carbocycles. The van der Waals surface area contributed by atoms with Crippen molar-refractivity contribution in [2.24, 2.45) is 0 Å². The van der Waals surface area contributed by atoms with Gasteiger partial charge in [0.1, 0.15) is 11.5 Å². The van der Waals surface area contributed by atoms with Gasteiger partial charge in [0.25, 0.3) is 0 Å². The van der Waals surface area contributed by atoms with Gasteiger partial charge < -0.3 is 20.4 Å². The van der Waals surface area contributed by atoms with Crippen molar-refractivity contribution in [3.05, 3.63) is 35.7 Å². The van der Waals surface area contributed by atoms with Crippen LogP contribution in [-0.4, -0.2) is 20.4 Å². The summed E-state index contributed by atoms with van der Waals surface area (Å²) in [6, 6.07) is 2.80. The number of phenolic OH excluding ortho intramolecular Hbond substituents is 4. The summed E-state index contributed by atoms with van der Waals surface area (Å²) in [6.07, 6.45) is 0. The van der Waals surface area contributed by atoms with Gasteiger partial charge in [0, 0.05) is 5.56 Å². The fraction of sp³-hybridized carbons (Fsp3) is 0. The van der Waals surface area contributed by atoms with Crippen molar-refractivity contribution in [3.8, 4) is 34.1 Å². The van der Waals surface area contributed by atoms with Crippen LogP contribution in [0.2, 0.25) is 0 Å². The zero-order chi connectivity index (χ0) is 14.3. The van der Waals surface area contributed by atoms with E-state index in [1.807, 2.05) is 0 Å².